The third-order valence-electron chi connectivity index (χ3n) is 3.42. The van der Waals surface area contributed by atoms with Crippen LogP contribution in [-0.4, -0.2) is 31.9 Å². The van der Waals surface area contributed by atoms with Crippen LogP contribution in [0.5, 0.6) is 0 Å². The molecule has 0 radical (unpaired) electrons. The molecule has 1 aromatic heterocycles. The van der Waals surface area contributed by atoms with Gasteiger partial charge < -0.3 is 5.32 Å². The van der Waals surface area contributed by atoms with Crippen LogP contribution >= 0.6 is 11.8 Å². The number of rotatable bonds is 5. The maximum Gasteiger partial charge on any atom is 0.234 e. The normalized spacial score (nSPS) is 10.2. The van der Waals surface area contributed by atoms with Crippen molar-refractivity contribution >= 4 is 23.4 Å². The fraction of sp³-hybridized carbons (Fsp3) is 0.118. The number of aryl methyl sites for hydroxylation is 1. The molecule has 0 aliphatic rings. The van der Waals surface area contributed by atoms with Crippen LogP contribution in [0.15, 0.2) is 53.7 Å². The van der Waals surface area contributed by atoms with Gasteiger partial charge in [-0.2, -0.15) is 9.94 Å². The number of aromatic nitrogens is 4. The van der Waals surface area contributed by atoms with Crippen molar-refractivity contribution in [2.45, 2.75) is 12.1 Å². The van der Waals surface area contributed by atoms with Gasteiger partial charge in [0, 0.05) is 5.69 Å². The number of thioether (sulfide) groups is 1. The number of carbonyl (C=O) groups excluding carboxylic acids is 1. The highest BCUT2D eigenvalue weighted by atomic mass is 32.2. The highest BCUT2D eigenvalue weighted by Gasteiger charge is 2.12. The summed E-state index contributed by atoms with van der Waals surface area (Å²) in [5.41, 5.74) is 2.83. The molecule has 25 heavy (non-hydrogen) atoms. The van der Waals surface area contributed by atoms with E-state index >= 15 is 0 Å². The van der Waals surface area contributed by atoms with E-state index in [1.807, 2.05) is 37.3 Å². The van der Waals surface area contributed by atoms with Crippen molar-refractivity contribution in [3.8, 4) is 11.8 Å². The topological polar surface area (TPSA) is 96.5 Å². The molecule has 3 aromatic rings. The molecular weight excluding hydrogens is 336 g/mol. The zero-order valence-electron chi connectivity index (χ0n) is 13.4. The van der Waals surface area contributed by atoms with Crippen LogP contribution in [0.25, 0.3) is 5.69 Å². The number of para-hydroxylation sites is 1. The fourth-order valence-corrected chi connectivity index (χ4v) is 2.84. The number of nitriles is 1. The molecule has 2 aromatic carbocycles. The lowest BCUT2D eigenvalue weighted by molar-refractivity contribution is -0.113. The molecule has 0 aliphatic carbocycles. The Morgan fingerprint density at radius 2 is 2.08 bits per heavy atom. The lowest BCUT2D eigenvalue weighted by Crippen LogP contribution is -2.14. The van der Waals surface area contributed by atoms with E-state index in [9.17, 15) is 4.79 Å². The van der Waals surface area contributed by atoms with Crippen molar-refractivity contribution in [3.63, 3.8) is 0 Å². The Balaban J connectivity index is 1.64. The second-order valence-corrected chi connectivity index (χ2v) is 6.13. The third-order valence-corrected chi connectivity index (χ3v) is 4.34. The number of hydrogen-bond acceptors (Lipinski definition) is 6. The number of amides is 1. The van der Waals surface area contributed by atoms with Gasteiger partial charge in [0.15, 0.2) is 0 Å². The summed E-state index contributed by atoms with van der Waals surface area (Å²) >= 11 is 1.24. The molecular formula is C17H14N6OS. The molecule has 0 saturated carbocycles. The van der Waals surface area contributed by atoms with Crippen LogP contribution in [-0.2, 0) is 4.79 Å². The molecule has 0 spiro atoms. The molecule has 3 rings (SSSR count). The number of benzene rings is 2. The molecule has 0 saturated heterocycles. The largest absolute Gasteiger partial charge is 0.325 e. The Bertz CT molecular complexity index is 932. The molecule has 0 fully saturated rings. The van der Waals surface area contributed by atoms with Crippen molar-refractivity contribution in [1.82, 2.24) is 20.2 Å². The first kappa shape index (κ1) is 16.7. The molecule has 1 amide bonds. The highest BCUT2D eigenvalue weighted by Crippen LogP contribution is 2.19. The SMILES string of the molecule is Cc1ccc(NC(=O)CSc2nnnn2-c2ccccc2)cc1C#N. The Morgan fingerprint density at radius 1 is 1.28 bits per heavy atom. The number of hydrogen-bond donors (Lipinski definition) is 1. The van der Waals surface area contributed by atoms with Crippen molar-refractivity contribution < 1.29 is 4.79 Å². The van der Waals surface area contributed by atoms with Gasteiger partial charge in [0.05, 0.1) is 23.1 Å². The van der Waals surface area contributed by atoms with Gasteiger partial charge in [-0.1, -0.05) is 36.0 Å². The zero-order valence-corrected chi connectivity index (χ0v) is 14.2. The highest BCUT2D eigenvalue weighted by molar-refractivity contribution is 7.99. The molecule has 0 aliphatic heterocycles. The van der Waals surface area contributed by atoms with Crippen LogP contribution < -0.4 is 5.32 Å². The first-order valence-electron chi connectivity index (χ1n) is 7.44. The van der Waals surface area contributed by atoms with Gasteiger partial charge in [-0.05, 0) is 47.2 Å². The van der Waals surface area contributed by atoms with E-state index in [-0.39, 0.29) is 11.7 Å². The van der Waals surface area contributed by atoms with Crippen molar-refractivity contribution in [2.24, 2.45) is 0 Å². The average molecular weight is 350 g/mol. The summed E-state index contributed by atoms with van der Waals surface area (Å²) in [4.78, 5) is 12.1. The molecule has 0 atom stereocenters. The van der Waals surface area contributed by atoms with Gasteiger partial charge >= 0.3 is 0 Å². The van der Waals surface area contributed by atoms with E-state index in [4.69, 9.17) is 5.26 Å². The van der Waals surface area contributed by atoms with Crippen LogP contribution in [0.1, 0.15) is 11.1 Å². The van der Waals surface area contributed by atoms with E-state index < -0.39 is 0 Å². The molecule has 0 bridgehead atoms. The van der Waals surface area contributed by atoms with E-state index in [1.54, 1.807) is 22.9 Å². The Morgan fingerprint density at radius 3 is 2.84 bits per heavy atom. The number of anilines is 1. The third kappa shape index (κ3) is 4.02. The fourth-order valence-electron chi connectivity index (χ4n) is 2.15. The van der Waals surface area contributed by atoms with E-state index in [2.05, 4.69) is 26.9 Å². The molecule has 124 valence electrons. The number of nitrogens with one attached hydrogen (secondary N) is 1. The predicted octanol–water partition coefficient (Wildman–Crippen LogP) is 2.57. The molecule has 8 heteroatoms. The Kier molecular flexibility index (Phi) is 5.06. The lowest BCUT2D eigenvalue weighted by Gasteiger charge is -2.07. The quantitative estimate of drug-likeness (QED) is 0.711. The minimum absolute atomic E-state index is 0.156. The van der Waals surface area contributed by atoms with Gasteiger partial charge in [0.2, 0.25) is 11.1 Å². The number of nitrogens with zero attached hydrogens (tertiary/aromatic N) is 5. The van der Waals surface area contributed by atoms with Gasteiger partial charge in [-0.15, -0.1) is 5.10 Å². The summed E-state index contributed by atoms with van der Waals surface area (Å²) in [6.07, 6.45) is 0. The number of tetrazole rings is 1. The maximum atomic E-state index is 12.1. The summed E-state index contributed by atoms with van der Waals surface area (Å²) in [5.74, 6) is -0.0384. The van der Waals surface area contributed by atoms with Crippen LogP contribution in [0.4, 0.5) is 5.69 Å². The lowest BCUT2D eigenvalue weighted by atomic mass is 10.1. The molecule has 0 unspecified atom stereocenters. The van der Waals surface area contributed by atoms with Crippen LogP contribution in [0.3, 0.4) is 0 Å². The minimum Gasteiger partial charge on any atom is -0.325 e. The van der Waals surface area contributed by atoms with Gasteiger partial charge in [0.1, 0.15) is 0 Å². The van der Waals surface area contributed by atoms with E-state index in [1.165, 1.54) is 11.8 Å². The number of carbonyl (C=O) groups is 1. The van der Waals surface area contributed by atoms with Gasteiger partial charge in [-0.3, -0.25) is 4.79 Å². The summed E-state index contributed by atoms with van der Waals surface area (Å²) in [6.45, 7) is 1.85. The molecule has 7 nitrogen and oxygen atoms in total. The molecule has 1 heterocycles. The summed E-state index contributed by atoms with van der Waals surface area (Å²) in [7, 11) is 0. The second kappa shape index (κ2) is 7.59. The monoisotopic (exact) mass is 350 g/mol. The molecule has 1 N–H and O–H groups in total. The zero-order chi connectivity index (χ0) is 17.6. The first-order chi connectivity index (χ1) is 12.2. The second-order valence-electron chi connectivity index (χ2n) is 5.19. The van der Waals surface area contributed by atoms with Crippen LogP contribution in [0.2, 0.25) is 0 Å². The summed E-state index contributed by atoms with van der Waals surface area (Å²) < 4.78 is 1.58. The van der Waals surface area contributed by atoms with E-state index in [0.29, 0.717) is 16.4 Å². The van der Waals surface area contributed by atoms with Gasteiger partial charge in [-0.25, -0.2) is 0 Å². The standard InChI is InChI=1S/C17H14N6OS/c1-12-7-8-14(9-13(12)10-18)19-16(24)11-25-17-20-21-22-23(17)15-5-3-2-4-6-15/h2-9H,11H2,1H3,(H,19,24). The summed E-state index contributed by atoms with van der Waals surface area (Å²) in [6, 6.07) is 16.8. The van der Waals surface area contributed by atoms with Crippen molar-refractivity contribution in [3.05, 3.63) is 59.7 Å². The smallest absolute Gasteiger partial charge is 0.234 e. The maximum absolute atomic E-state index is 12.1. The van der Waals surface area contributed by atoms with E-state index in [0.717, 1.165) is 11.3 Å². The first-order valence-corrected chi connectivity index (χ1v) is 8.43. The van der Waals surface area contributed by atoms with Gasteiger partial charge in [0.25, 0.3) is 0 Å². The Hall–Kier alpha value is -3.18. The van der Waals surface area contributed by atoms with Crippen molar-refractivity contribution in [2.75, 3.05) is 11.1 Å². The van der Waals surface area contributed by atoms with Crippen molar-refractivity contribution in [1.29, 1.82) is 5.26 Å². The summed E-state index contributed by atoms with van der Waals surface area (Å²) in [5, 5.41) is 23.9. The average Bonchev–Trinajstić information content (AvgIpc) is 3.11. The minimum atomic E-state index is -0.194. The predicted molar refractivity (Wildman–Crippen MR) is 94.4 cm³/mol. The Labute approximate surface area is 148 Å². The van der Waals surface area contributed by atoms with Crippen LogP contribution in [0, 0.1) is 18.3 Å².